The number of pyridine rings is 1. The van der Waals surface area contributed by atoms with E-state index in [0.717, 1.165) is 11.3 Å². The van der Waals surface area contributed by atoms with Crippen LogP contribution in [0.2, 0.25) is 0 Å². The van der Waals surface area contributed by atoms with Gasteiger partial charge in [-0.3, -0.25) is 9.88 Å². The number of hydrogen-bond donors (Lipinski definition) is 2. The molecule has 0 unspecified atom stereocenters. The summed E-state index contributed by atoms with van der Waals surface area (Å²) in [5.41, 5.74) is 2.50. The quantitative estimate of drug-likeness (QED) is 0.797. The van der Waals surface area contributed by atoms with Gasteiger partial charge in [-0.2, -0.15) is 0 Å². The molecule has 1 aromatic carbocycles. The molecular formula is C21H26FN5O3. The first-order chi connectivity index (χ1) is 14.4. The lowest BCUT2D eigenvalue weighted by molar-refractivity contribution is 0.0777. The molecule has 8 nitrogen and oxygen atoms in total. The highest BCUT2D eigenvalue weighted by Crippen LogP contribution is 2.26. The molecule has 2 N–H and O–H groups in total. The van der Waals surface area contributed by atoms with Crippen LogP contribution in [0.15, 0.2) is 36.5 Å². The molecule has 3 rings (SSSR count). The summed E-state index contributed by atoms with van der Waals surface area (Å²) in [4.78, 5) is 31.8. The largest absolute Gasteiger partial charge is 0.453 e. The first-order valence-corrected chi connectivity index (χ1v) is 9.74. The molecule has 1 aromatic heterocycles. The standard InChI is InChI=1S/C21H26FN5O3/c1-14-4-5-18(13-23-14)24-20(28)25-19-11-16(10-17(22)12-19)15(2)26-6-8-27(9-7-26)21(29)30-3/h4-5,10-13,15H,6-9H2,1-3H3,(H2,24,25,28)/t15-/m1/s1. The van der Waals surface area contributed by atoms with Crippen LogP contribution in [0.1, 0.15) is 24.2 Å². The van der Waals surface area contributed by atoms with Gasteiger partial charge in [0.25, 0.3) is 0 Å². The highest BCUT2D eigenvalue weighted by molar-refractivity contribution is 5.99. The smallest absolute Gasteiger partial charge is 0.409 e. The molecule has 3 amide bonds. The fourth-order valence-corrected chi connectivity index (χ4v) is 3.39. The average molecular weight is 415 g/mol. The predicted molar refractivity (Wildman–Crippen MR) is 112 cm³/mol. The van der Waals surface area contributed by atoms with Gasteiger partial charge in [0.2, 0.25) is 0 Å². The summed E-state index contributed by atoms with van der Waals surface area (Å²) in [6, 6.07) is 7.48. The maximum Gasteiger partial charge on any atom is 0.409 e. The Balaban J connectivity index is 1.63. The second-order valence-corrected chi connectivity index (χ2v) is 7.21. The van der Waals surface area contributed by atoms with Crippen molar-refractivity contribution < 1.29 is 18.7 Å². The van der Waals surface area contributed by atoms with E-state index in [9.17, 15) is 14.0 Å². The van der Waals surface area contributed by atoms with E-state index in [1.54, 1.807) is 29.3 Å². The number of carbonyl (C=O) groups is 2. The van der Waals surface area contributed by atoms with Crippen LogP contribution in [0.5, 0.6) is 0 Å². The molecule has 0 aliphatic carbocycles. The predicted octanol–water partition coefficient (Wildman–Crippen LogP) is 3.62. The molecule has 0 saturated carbocycles. The van der Waals surface area contributed by atoms with Crippen molar-refractivity contribution in [3.63, 3.8) is 0 Å². The van der Waals surface area contributed by atoms with Gasteiger partial charge in [0.15, 0.2) is 0 Å². The number of halogens is 1. The number of ether oxygens (including phenoxy) is 1. The fraction of sp³-hybridized carbons (Fsp3) is 0.381. The van der Waals surface area contributed by atoms with Crippen molar-refractivity contribution in [2.45, 2.75) is 19.9 Å². The Morgan fingerprint density at radius 1 is 1.10 bits per heavy atom. The number of urea groups is 1. The SMILES string of the molecule is COC(=O)N1CCN([C@H](C)c2cc(F)cc(NC(=O)Nc3ccc(C)nc3)c2)CC1. The number of piperazine rings is 1. The number of anilines is 2. The van der Waals surface area contributed by atoms with Crippen LogP contribution in [-0.2, 0) is 4.74 Å². The number of hydrogen-bond acceptors (Lipinski definition) is 5. The Labute approximate surface area is 175 Å². The lowest BCUT2D eigenvalue weighted by Crippen LogP contribution is -2.49. The lowest BCUT2D eigenvalue weighted by Gasteiger charge is -2.37. The number of amides is 3. The molecule has 9 heteroatoms. The average Bonchev–Trinajstić information content (AvgIpc) is 2.74. The summed E-state index contributed by atoms with van der Waals surface area (Å²) >= 11 is 0. The van der Waals surface area contributed by atoms with Gasteiger partial charge in [-0.25, -0.2) is 14.0 Å². The molecule has 2 heterocycles. The van der Waals surface area contributed by atoms with Gasteiger partial charge >= 0.3 is 12.1 Å². The Hall–Kier alpha value is -3.20. The van der Waals surface area contributed by atoms with E-state index >= 15 is 0 Å². The zero-order valence-corrected chi connectivity index (χ0v) is 17.3. The second kappa shape index (κ2) is 9.53. The van der Waals surface area contributed by atoms with Gasteiger partial charge in [0, 0.05) is 43.6 Å². The molecule has 1 aliphatic rings. The van der Waals surface area contributed by atoms with E-state index in [2.05, 4.69) is 20.5 Å². The van der Waals surface area contributed by atoms with E-state index in [-0.39, 0.29) is 12.1 Å². The topological polar surface area (TPSA) is 86.8 Å². The highest BCUT2D eigenvalue weighted by atomic mass is 19.1. The van der Waals surface area contributed by atoms with Crippen LogP contribution in [0.3, 0.4) is 0 Å². The summed E-state index contributed by atoms with van der Waals surface area (Å²) < 4.78 is 19.0. The number of aryl methyl sites for hydroxylation is 1. The van der Waals surface area contributed by atoms with Crippen LogP contribution in [0.25, 0.3) is 0 Å². The van der Waals surface area contributed by atoms with Gasteiger partial charge in [0.05, 0.1) is 19.0 Å². The number of nitrogens with one attached hydrogen (secondary N) is 2. The van der Waals surface area contributed by atoms with Crippen LogP contribution in [0, 0.1) is 12.7 Å². The summed E-state index contributed by atoms with van der Waals surface area (Å²) in [6.07, 6.45) is 1.22. The first kappa shape index (κ1) is 21.5. The molecule has 2 aromatic rings. The van der Waals surface area contributed by atoms with Crippen molar-refractivity contribution in [2.24, 2.45) is 0 Å². The molecule has 30 heavy (non-hydrogen) atoms. The zero-order chi connectivity index (χ0) is 21.7. The van der Waals surface area contributed by atoms with Crippen molar-refractivity contribution in [1.29, 1.82) is 0 Å². The van der Waals surface area contributed by atoms with Crippen molar-refractivity contribution in [1.82, 2.24) is 14.8 Å². The summed E-state index contributed by atoms with van der Waals surface area (Å²) in [6.45, 7) is 6.22. The van der Waals surface area contributed by atoms with E-state index < -0.39 is 11.8 Å². The van der Waals surface area contributed by atoms with Gasteiger partial charge in [-0.05, 0) is 49.7 Å². The van der Waals surface area contributed by atoms with Crippen LogP contribution in [0.4, 0.5) is 25.4 Å². The molecule has 1 saturated heterocycles. The van der Waals surface area contributed by atoms with Crippen LogP contribution < -0.4 is 10.6 Å². The molecule has 1 atom stereocenters. The molecule has 0 spiro atoms. The molecule has 1 aliphatic heterocycles. The normalized spacial score (nSPS) is 15.4. The third kappa shape index (κ3) is 5.44. The maximum atomic E-state index is 14.2. The summed E-state index contributed by atoms with van der Waals surface area (Å²) in [7, 11) is 1.37. The molecule has 160 valence electrons. The monoisotopic (exact) mass is 415 g/mol. The van der Waals surface area contributed by atoms with Gasteiger partial charge in [-0.1, -0.05) is 0 Å². The Bertz CT molecular complexity index is 898. The Kier molecular flexibility index (Phi) is 6.83. The minimum atomic E-state index is -0.475. The zero-order valence-electron chi connectivity index (χ0n) is 17.3. The van der Waals surface area contributed by atoms with Crippen molar-refractivity contribution >= 4 is 23.5 Å². The molecule has 1 fully saturated rings. The van der Waals surface area contributed by atoms with Gasteiger partial charge in [0.1, 0.15) is 5.82 Å². The van der Waals surface area contributed by atoms with E-state index in [4.69, 9.17) is 4.74 Å². The number of aromatic nitrogens is 1. The van der Waals surface area contributed by atoms with E-state index in [1.807, 2.05) is 13.8 Å². The Morgan fingerprint density at radius 2 is 1.80 bits per heavy atom. The number of nitrogens with zero attached hydrogens (tertiary/aromatic N) is 3. The van der Waals surface area contributed by atoms with Crippen LogP contribution >= 0.6 is 0 Å². The minimum absolute atomic E-state index is 0.0783. The van der Waals surface area contributed by atoms with Crippen molar-refractivity contribution in [2.75, 3.05) is 43.9 Å². The number of benzene rings is 1. The third-order valence-corrected chi connectivity index (χ3v) is 5.12. The van der Waals surface area contributed by atoms with Gasteiger partial charge < -0.3 is 20.3 Å². The molecule has 0 bridgehead atoms. The van der Waals surface area contributed by atoms with Crippen LogP contribution in [-0.4, -0.2) is 60.2 Å². The maximum absolute atomic E-state index is 14.2. The first-order valence-electron chi connectivity index (χ1n) is 9.74. The number of methoxy groups -OCH3 is 1. The van der Waals surface area contributed by atoms with Gasteiger partial charge in [-0.15, -0.1) is 0 Å². The van der Waals surface area contributed by atoms with Crippen molar-refractivity contribution in [3.8, 4) is 0 Å². The summed E-state index contributed by atoms with van der Waals surface area (Å²) in [5.74, 6) is -0.431. The summed E-state index contributed by atoms with van der Waals surface area (Å²) in [5, 5.41) is 5.34. The molecular weight excluding hydrogens is 389 g/mol. The van der Waals surface area contributed by atoms with E-state index in [1.165, 1.54) is 19.2 Å². The second-order valence-electron chi connectivity index (χ2n) is 7.21. The minimum Gasteiger partial charge on any atom is -0.453 e. The number of rotatable bonds is 4. The van der Waals surface area contributed by atoms with Crippen molar-refractivity contribution in [3.05, 3.63) is 53.6 Å². The van der Waals surface area contributed by atoms with E-state index in [0.29, 0.717) is 37.6 Å². The Morgan fingerprint density at radius 3 is 2.43 bits per heavy atom. The lowest BCUT2D eigenvalue weighted by atomic mass is 10.0. The number of carbonyl (C=O) groups excluding carboxylic acids is 2. The molecule has 0 radical (unpaired) electrons. The highest BCUT2D eigenvalue weighted by Gasteiger charge is 2.25. The third-order valence-electron chi connectivity index (χ3n) is 5.12. The fourth-order valence-electron chi connectivity index (χ4n) is 3.39.